The van der Waals surface area contributed by atoms with E-state index in [1.807, 2.05) is 35.2 Å². The number of hydrogen-bond donors (Lipinski definition) is 1. The molecule has 10 nitrogen and oxygen atoms in total. The van der Waals surface area contributed by atoms with Crippen molar-refractivity contribution in [3.05, 3.63) is 48.0 Å². The van der Waals surface area contributed by atoms with Gasteiger partial charge in [-0.15, -0.1) is 10.2 Å². The molecule has 0 atom stereocenters. The fourth-order valence-corrected chi connectivity index (χ4v) is 2.94. The molecule has 2 aromatic heterocycles. The lowest BCUT2D eigenvalue weighted by Crippen LogP contribution is -2.37. The van der Waals surface area contributed by atoms with E-state index in [0.717, 1.165) is 12.1 Å². The van der Waals surface area contributed by atoms with Gasteiger partial charge >= 0.3 is 6.01 Å². The number of nitrogens with one attached hydrogen (secondary N) is 1. The van der Waals surface area contributed by atoms with Crippen LogP contribution in [0.5, 0.6) is 17.8 Å². The summed E-state index contributed by atoms with van der Waals surface area (Å²) in [6.07, 6.45) is 0. The second-order valence-corrected chi connectivity index (χ2v) is 7.70. The van der Waals surface area contributed by atoms with Crippen LogP contribution < -0.4 is 19.7 Å². The third-order valence-corrected chi connectivity index (χ3v) is 4.61. The molecule has 3 aromatic rings. The predicted octanol–water partition coefficient (Wildman–Crippen LogP) is 2.94. The number of anilines is 2. The molecule has 1 fully saturated rings. The molecule has 0 bridgehead atoms. The van der Waals surface area contributed by atoms with Gasteiger partial charge in [0.25, 0.3) is 0 Å². The van der Waals surface area contributed by atoms with Crippen molar-refractivity contribution in [2.75, 3.05) is 43.1 Å². The average molecular weight is 438 g/mol. The molecule has 0 spiro atoms. The summed E-state index contributed by atoms with van der Waals surface area (Å²) >= 11 is 0. The van der Waals surface area contributed by atoms with Crippen molar-refractivity contribution in [3.63, 3.8) is 0 Å². The minimum absolute atomic E-state index is 0.153. The Kier molecular flexibility index (Phi) is 7.23. The van der Waals surface area contributed by atoms with Crippen LogP contribution in [0.15, 0.2) is 42.5 Å². The fraction of sp³-hybridized carbons (Fsp3) is 0.409. The van der Waals surface area contributed by atoms with Crippen molar-refractivity contribution in [2.24, 2.45) is 5.92 Å². The molecule has 1 aliphatic heterocycles. The summed E-state index contributed by atoms with van der Waals surface area (Å²) in [5, 5.41) is 11.4. The molecular weight excluding hydrogens is 410 g/mol. The Morgan fingerprint density at radius 3 is 2.44 bits per heavy atom. The molecule has 4 rings (SSSR count). The Labute approximate surface area is 187 Å². The Morgan fingerprint density at radius 1 is 0.969 bits per heavy atom. The van der Waals surface area contributed by atoms with Crippen LogP contribution in [0, 0.1) is 5.92 Å². The highest BCUT2D eigenvalue weighted by Gasteiger charge is 2.18. The summed E-state index contributed by atoms with van der Waals surface area (Å²) < 4.78 is 16.9. The Bertz CT molecular complexity index is 981. The lowest BCUT2D eigenvalue weighted by Gasteiger charge is -2.27. The Balaban J connectivity index is 1.45. The number of aromatic nitrogens is 5. The summed E-state index contributed by atoms with van der Waals surface area (Å²) in [7, 11) is 0. The minimum atomic E-state index is 0.153. The van der Waals surface area contributed by atoms with Gasteiger partial charge in [0, 0.05) is 31.8 Å². The van der Waals surface area contributed by atoms with Crippen molar-refractivity contribution < 1.29 is 14.2 Å². The zero-order valence-electron chi connectivity index (χ0n) is 18.3. The molecule has 0 unspecified atom stereocenters. The molecule has 0 amide bonds. The molecule has 1 saturated heterocycles. The summed E-state index contributed by atoms with van der Waals surface area (Å²) in [5.74, 6) is 2.12. The van der Waals surface area contributed by atoms with Crippen LogP contribution >= 0.6 is 0 Å². The quantitative estimate of drug-likeness (QED) is 0.537. The number of hydrogen-bond acceptors (Lipinski definition) is 10. The van der Waals surface area contributed by atoms with Gasteiger partial charge in [0.05, 0.1) is 13.2 Å². The molecular formula is C22H27N7O3. The zero-order valence-corrected chi connectivity index (χ0v) is 18.3. The van der Waals surface area contributed by atoms with E-state index in [2.05, 4.69) is 44.3 Å². The van der Waals surface area contributed by atoms with E-state index >= 15 is 0 Å². The molecule has 0 saturated carbocycles. The molecule has 0 radical (unpaired) electrons. The van der Waals surface area contributed by atoms with E-state index in [-0.39, 0.29) is 11.9 Å². The number of ether oxygens (including phenoxy) is 3. The third kappa shape index (κ3) is 6.24. The normalized spacial score (nSPS) is 13.8. The van der Waals surface area contributed by atoms with Crippen LogP contribution in [0.3, 0.4) is 0 Å². The smallest absolute Gasteiger partial charge is 0.330 e. The van der Waals surface area contributed by atoms with Crippen molar-refractivity contribution >= 4 is 11.9 Å². The second kappa shape index (κ2) is 10.7. The predicted molar refractivity (Wildman–Crippen MR) is 119 cm³/mol. The van der Waals surface area contributed by atoms with Gasteiger partial charge in [0.15, 0.2) is 0 Å². The molecule has 1 aliphatic rings. The topological polar surface area (TPSA) is 107 Å². The van der Waals surface area contributed by atoms with E-state index in [4.69, 9.17) is 14.2 Å². The standard InChI is InChI=1S/C22H27N7O3/c1-16(2)14-23-20-24-21(29-10-12-30-13-11-29)26-22(25-20)32-19-9-8-18(27-28-19)31-15-17-6-4-3-5-7-17/h3-9,16H,10-15H2,1-2H3,(H,23,24,25,26). The van der Waals surface area contributed by atoms with Crippen LogP contribution in [0.4, 0.5) is 11.9 Å². The highest BCUT2D eigenvalue weighted by molar-refractivity contribution is 5.39. The van der Waals surface area contributed by atoms with Crippen molar-refractivity contribution in [2.45, 2.75) is 20.5 Å². The highest BCUT2D eigenvalue weighted by atomic mass is 16.5. The molecule has 3 heterocycles. The van der Waals surface area contributed by atoms with E-state index in [1.165, 1.54) is 0 Å². The lowest BCUT2D eigenvalue weighted by molar-refractivity contribution is 0.122. The number of benzene rings is 1. The van der Waals surface area contributed by atoms with E-state index in [0.29, 0.717) is 56.6 Å². The summed E-state index contributed by atoms with van der Waals surface area (Å²) in [6.45, 7) is 8.06. The fourth-order valence-electron chi connectivity index (χ4n) is 2.94. The summed E-state index contributed by atoms with van der Waals surface area (Å²) in [5.41, 5.74) is 1.05. The maximum atomic E-state index is 5.79. The van der Waals surface area contributed by atoms with Gasteiger partial charge in [-0.25, -0.2) is 0 Å². The van der Waals surface area contributed by atoms with Crippen molar-refractivity contribution in [3.8, 4) is 17.8 Å². The van der Waals surface area contributed by atoms with Crippen molar-refractivity contribution in [1.29, 1.82) is 0 Å². The van der Waals surface area contributed by atoms with Gasteiger partial charge < -0.3 is 24.4 Å². The monoisotopic (exact) mass is 437 g/mol. The van der Waals surface area contributed by atoms with Gasteiger partial charge in [0.2, 0.25) is 23.7 Å². The first-order valence-corrected chi connectivity index (χ1v) is 10.7. The second-order valence-electron chi connectivity index (χ2n) is 7.70. The van der Waals surface area contributed by atoms with E-state index in [9.17, 15) is 0 Å². The SMILES string of the molecule is CC(C)CNc1nc(Oc2ccc(OCc3ccccc3)nn2)nc(N2CCOCC2)n1. The van der Waals surface area contributed by atoms with Crippen LogP contribution in [0.25, 0.3) is 0 Å². The number of rotatable bonds is 9. The van der Waals surface area contributed by atoms with Crippen LogP contribution in [0.2, 0.25) is 0 Å². The van der Waals surface area contributed by atoms with Crippen LogP contribution in [0.1, 0.15) is 19.4 Å². The molecule has 0 aliphatic carbocycles. The van der Waals surface area contributed by atoms with E-state index < -0.39 is 0 Å². The maximum absolute atomic E-state index is 5.79. The summed E-state index contributed by atoms with van der Waals surface area (Å²) in [6, 6.07) is 13.4. The van der Waals surface area contributed by atoms with Crippen LogP contribution in [-0.4, -0.2) is 58.0 Å². The zero-order chi connectivity index (χ0) is 22.2. The average Bonchev–Trinajstić information content (AvgIpc) is 2.83. The highest BCUT2D eigenvalue weighted by Crippen LogP contribution is 2.21. The lowest BCUT2D eigenvalue weighted by atomic mass is 10.2. The van der Waals surface area contributed by atoms with Crippen LogP contribution in [-0.2, 0) is 11.3 Å². The van der Waals surface area contributed by atoms with Gasteiger partial charge in [-0.2, -0.15) is 15.0 Å². The third-order valence-electron chi connectivity index (χ3n) is 4.61. The Morgan fingerprint density at radius 2 is 1.72 bits per heavy atom. The van der Waals surface area contributed by atoms with Gasteiger partial charge in [-0.05, 0) is 11.5 Å². The van der Waals surface area contributed by atoms with Gasteiger partial charge in [-0.3, -0.25) is 0 Å². The molecule has 1 aromatic carbocycles. The largest absolute Gasteiger partial charge is 0.472 e. The number of nitrogens with zero attached hydrogens (tertiary/aromatic N) is 6. The first-order chi connectivity index (χ1) is 15.7. The molecule has 168 valence electrons. The molecule has 10 heteroatoms. The Hall–Kier alpha value is -3.53. The van der Waals surface area contributed by atoms with Gasteiger partial charge in [-0.1, -0.05) is 44.2 Å². The first kappa shape index (κ1) is 21.7. The van der Waals surface area contributed by atoms with Gasteiger partial charge in [0.1, 0.15) is 6.61 Å². The summed E-state index contributed by atoms with van der Waals surface area (Å²) in [4.78, 5) is 15.4. The maximum Gasteiger partial charge on any atom is 0.330 e. The molecule has 32 heavy (non-hydrogen) atoms. The minimum Gasteiger partial charge on any atom is -0.472 e. The van der Waals surface area contributed by atoms with E-state index in [1.54, 1.807) is 12.1 Å². The van der Waals surface area contributed by atoms with Crippen molar-refractivity contribution in [1.82, 2.24) is 25.1 Å². The number of morpholine rings is 1. The first-order valence-electron chi connectivity index (χ1n) is 10.7. The molecule has 1 N–H and O–H groups in total.